The number of aryl methyl sites for hydroxylation is 1. The summed E-state index contributed by atoms with van der Waals surface area (Å²) in [5, 5.41) is 4.48. The number of carbonyl (C=O) groups excluding carboxylic acids is 1. The highest BCUT2D eigenvalue weighted by atomic mass is 32.2. The van der Waals surface area contributed by atoms with Gasteiger partial charge >= 0.3 is 0 Å². The van der Waals surface area contributed by atoms with Gasteiger partial charge in [0.1, 0.15) is 23.1 Å². The molecule has 1 aliphatic carbocycles. The van der Waals surface area contributed by atoms with Crippen molar-refractivity contribution >= 4 is 21.9 Å². The molecule has 2 aromatic carbocycles. The summed E-state index contributed by atoms with van der Waals surface area (Å²) in [6, 6.07) is 11.4. The Morgan fingerprint density at radius 3 is 2.40 bits per heavy atom. The molecule has 0 radical (unpaired) electrons. The van der Waals surface area contributed by atoms with Crippen molar-refractivity contribution < 1.29 is 26.4 Å². The molecule has 7 nitrogen and oxygen atoms in total. The molecule has 4 aromatic rings. The van der Waals surface area contributed by atoms with Crippen LogP contribution in [0.2, 0.25) is 0 Å². The summed E-state index contributed by atoms with van der Waals surface area (Å²) in [5.41, 5.74) is 2.44. The first-order chi connectivity index (χ1) is 19.1. The van der Waals surface area contributed by atoms with E-state index in [2.05, 4.69) is 10.1 Å². The number of piperidine rings is 1. The third-order valence-corrected chi connectivity index (χ3v) is 9.33. The summed E-state index contributed by atoms with van der Waals surface area (Å²) in [6.07, 6.45) is 5.31. The Labute approximate surface area is 228 Å². The maximum Gasteiger partial charge on any atom is 0.243 e. The number of pyridine rings is 1. The van der Waals surface area contributed by atoms with Crippen LogP contribution in [0.15, 0.2) is 77.5 Å². The van der Waals surface area contributed by atoms with E-state index in [1.54, 1.807) is 35.1 Å². The van der Waals surface area contributed by atoms with Crippen LogP contribution in [0, 0.1) is 29.8 Å². The zero-order valence-corrected chi connectivity index (χ0v) is 22.1. The van der Waals surface area contributed by atoms with Crippen molar-refractivity contribution in [2.45, 2.75) is 24.7 Å². The molecule has 3 heterocycles. The van der Waals surface area contributed by atoms with Crippen LogP contribution in [0.5, 0.6) is 0 Å². The molecule has 2 aromatic heterocycles. The maximum atomic E-state index is 14.2. The minimum absolute atomic E-state index is 0.00257. The molecule has 0 amide bonds. The lowest BCUT2D eigenvalue weighted by Gasteiger charge is -2.44. The summed E-state index contributed by atoms with van der Waals surface area (Å²) in [6.45, 7) is 1.59. The van der Waals surface area contributed by atoms with Crippen molar-refractivity contribution in [2.75, 3.05) is 13.1 Å². The third-order valence-electron chi connectivity index (χ3n) is 7.51. The Balaban J connectivity index is 1.46. The van der Waals surface area contributed by atoms with Crippen molar-refractivity contribution in [1.82, 2.24) is 19.1 Å². The van der Waals surface area contributed by atoms with E-state index in [0.29, 0.717) is 28.6 Å². The molecule has 0 spiro atoms. The van der Waals surface area contributed by atoms with Gasteiger partial charge in [-0.1, -0.05) is 5.57 Å². The molecule has 1 fully saturated rings. The van der Waals surface area contributed by atoms with E-state index in [0.717, 1.165) is 22.0 Å². The maximum absolute atomic E-state index is 14.2. The Morgan fingerprint density at radius 2 is 1.70 bits per heavy atom. The second-order valence-electron chi connectivity index (χ2n) is 10.1. The topological polar surface area (TPSA) is 85.2 Å². The van der Waals surface area contributed by atoms with Gasteiger partial charge in [-0.05, 0) is 85.5 Å². The molecule has 2 aliphatic rings. The molecule has 1 atom stereocenters. The van der Waals surface area contributed by atoms with Crippen molar-refractivity contribution in [1.29, 1.82) is 0 Å². The average Bonchev–Trinajstić information content (AvgIpc) is 3.33. The zero-order chi connectivity index (χ0) is 28.2. The van der Waals surface area contributed by atoms with Crippen molar-refractivity contribution in [3.05, 3.63) is 113 Å². The summed E-state index contributed by atoms with van der Waals surface area (Å²) in [7, 11) is -4.34. The first kappa shape index (κ1) is 26.1. The Bertz CT molecular complexity index is 1780. The van der Waals surface area contributed by atoms with E-state index >= 15 is 0 Å². The van der Waals surface area contributed by atoms with Crippen LogP contribution >= 0.6 is 0 Å². The standard InChI is InChI=1S/C29H23F3N4O3S/c1-18-6-8-33-26(10-18)28(37)29-15-19-16-34-36(24-4-2-21(30)3-5-24)27(19)11-20(29)7-9-35(17-29)40(38,39)25-13-22(31)12-23(32)14-25/h2-6,8,10-14,16H,7,9,15,17H2,1H3. The Hall–Kier alpha value is -4.09. The predicted octanol–water partition coefficient (Wildman–Crippen LogP) is 4.90. The molecule has 1 aliphatic heterocycles. The number of Topliss-reactive ketones (excluding diaryl/α,β-unsaturated/α-hetero) is 1. The van der Waals surface area contributed by atoms with Gasteiger partial charge in [-0.15, -0.1) is 0 Å². The van der Waals surface area contributed by atoms with Gasteiger partial charge in [0.2, 0.25) is 10.0 Å². The summed E-state index contributed by atoms with van der Waals surface area (Å²) in [5.74, 6) is -2.76. The van der Waals surface area contributed by atoms with E-state index in [9.17, 15) is 26.4 Å². The lowest BCUT2D eigenvalue weighted by molar-refractivity contribution is 0.0770. The quantitative estimate of drug-likeness (QED) is 0.322. The summed E-state index contributed by atoms with van der Waals surface area (Å²) >= 11 is 0. The number of benzene rings is 2. The van der Waals surface area contributed by atoms with Crippen molar-refractivity contribution in [3.8, 4) is 5.69 Å². The van der Waals surface area contributed by atoms with Crippen molar-refractivity contribution in [3.63, 3.8) is 0 Å². The van der Waals surface area contributed by atoms with Crippen LogP contribution in [0.4, 0.5) is 13.2 Å². The largest absolute Gasteiger partial charge is 0.291 e. The van der Waals surface area contributed by atoms with Crippen molar-refractivity contribution in [2.24, 2.45) is 5.41 Å². The molecule has 1 unspecified atom stereocenters. The molecular formula is C29H23F3N4O3S. The second kappa shape index (κ2) is 9.53. The Kier molecular flexibility index (Phi) is 6.23. The normalized spacial score (nSPS) is 19.1. The lowest BCUT2D eigenvalue weighted by atomic mass is 9.65. The number of rotatable bonds is 5. The number of sulfonamides is 1. The molecule has 204 valence electrons. The van der Waals surface area contributed by atoms with Crippen LogP contribution < -0.4 is 0 Å². The number of hydrogen-bond donors (Lipinski definition) is 0. The minimum Gasteiger partial charge on any atom is -0.291 e. The summed E-state index contributed by atoms with van der Waals surface area (Å²) in [4.78, 5) is 18.0. The van der Waals surface area contributed by atoms with Gasteiger partial charge in [0.05, 0.1) is 27.9 Å². The van der Waals surface area contributed by atoms with Crippen LogP contribution in [-0.2, 0) is 16.4 Å². The predicted molar refractivity (Wildman–Crippen MR) is 141 cm³/mol. The average molecular weight is 565 g/mol. The highest BCUT2D eigenvalue weighted by Crippen LogP contribution is 2.47. The number of carbonyl (C=O) groups is 1. The second-order valence-corrected chi connectivity index (χ2v) is 12.1. The van der Waals surface area contributed by atoms with Crippen LogP contribution in [0.1, 0.15) is 33.7 Å². The molecule has 40 heavy (non-hydrogen) atoms. The first-order valence-electron chi connectivity index (χ1n) is 12.5. The van der Waals surface area contributed by atoms with Gasteiger partial charge in [-0.3, -0.25) is 9.78 Å². The fourth-order valence-electron chi connectivity index (χ4n) is 5.54. The van der Waals surface area contributed by atoms with Crippen LogP contribution in [0.3, 0.4) is 0 Å². The van der Waals surface area contributed by atoms with E-state index in [-0.39, 0.29) is 43.2 Å². The van der Waals surface area contributed by atoms with Gasteiger partial charge < -0.3 is 0 Å². The molecule has 1 saturated heterocycles. The van der Waals surface area contributed by atoms with Crippen LogP contribution in [-0.4, -0.2) is 46.4 Å². The SMILES string of the molecule is Cc1ccnc(C(=O)C23Cc4cnn(-c5ccc(F)cc5)c4C=C2CCN(S(=O)(=O)c2cc(F)cc(F)c2)C3)c1. The molecule has 6 rings (SSSR count). The summed E-state index contributed by atoms with van der Waals surface area (Å²) < 4.78 is 71.4. The number of fused-ring (bicyclic) bond motifs is 2. The number of hydrogen-bond acceptors (Lipinski definition) is 5. The number of halogens is 3. The monoisotopic (exact) mass is 564 g/mol. The highest BCUT2D eigenvalue weighted by Gasteiger charge is 2.51. The molecule has 0 saturated carbocycles. The van der Waals surface area contributed by atoms with E-state index < -0.39 is 32.0 Å². The van der Waals surface area contributed by atoms with Gasteiger partial charge in [-0.2, -0.15) is 9.40 Å². The zero-order valence-electron chi connectivity index (χ0n) is 21.3. The van der Waals surface area contributed by atoms with E-state index in [1.165, 1.54) is 18.3 Å². The number of nitrogens with zero attached hydrogens (tertiary/aromatic N) is 4. The lowest BCUT2D eigenvalue weighted by Crippen LogP contribution is -2.53. The van der Waals surface area contributed by atoms with Crippen LogP contribution in [0.25, 0.3) is 11.8 Å². The van der Waals surface area contributed by atoms with Gasteiger partial charge in [0.25, 0.3) is 0 Å². The molecule has 0 N–H and O–H groups in total. The van der Waals surface area contributed by atoms with E-state index in [4.69, 9.17) is 0 Å². The fourth-order valence-corrected chi connectivity index (χ4v) is 7.08. The molecule has 0 bridgehead atoms. The highest BCUT2D eigenvalue weighted by molar-refractivity contribution is 7.89. The number of ketones is 1. The minimum atomic E-state index is -4.34. The number of aromatic nitrogens is 3. The van der Waals surface area contributed by atoms with Gasteiger partial charge in [0, 0.05) is 25.4 Å². The Morgan fingerprint density at radius 1 is 0.975 bits per heavy atom. The first-order valence-corrected chi connectivity index (χ1v) is 14.0. The fraction of sp³-hybridized carbons (Fsp3) is 0.207. The third kappa shape index (κ3) is 4.35. The van der Waals surface area contributed by atoms with Gasteiger partial charge in [0.15, 0.2) is 5.78 Å². The molecular weight excluding hydrogens is 541 g/mol. The van der Waals surface area contributed by atoms with Gasteiger partial charge in [-0.25, -0.2) is 26.3 Å². The van der Waals surface area contributed by atoms with E-state index in [1.807, 2.05) is 13.0 Å². The molecule has 11 heteroatoms. The smallest absolute Gasteiger partial charge is 0.243 e.